The van der Waals surface area contributed by atoms with Crippen LogP contribution in [0.15, 0.2) is 34.9 Å². The minimum absolute atomic E-state index is 0.0138. The molecule has 0 aliphatic rings. The lowest BCUT2D eigenvalue weighted by Crippen LogP contribution is -2.31. The summed E-state index contributed by atoms with van der Waals surface area (Å²) in [5, 5.41) is 0.873. The number of benzene rings is 1. The Bertz CT molecular complexity index is 1210. The number of nitrogens with zero attached hydrogens (tertiary/aromatic N) is 2. The maximum absolute atomic E-state index is 14.5. The summed E-state index contributed by atoms with van der Waals surface area (Å²) in [6, 6.07) is 7.02. The fraction of sp³-hybridized carbons (Fsp3) is 0.273. The van der Waals surface area contributed by atoms with E-state index in [9.17, 15) is 8.78 Å². The average molecular weight is 367 g/mol. The summed E-state index contributed by atoms with van der Waals surface area (Å²) in [7, 11) is 1.96. The van der Waals surface area contributed by atoms with Gasteiger partial charge in [0.2, 0.25) is 17.4 Å². The maximum Gasteiger partial charge on any atom is 0.232 e. The van der Waals surface area contributed by atoms with E-state index < -0.39 is 11.8 Å². The van der Waals surface area contributed by atoms with Gasteiger partial charge in [-0.15, -0.1) is 0 Å². The van der Waals surface area contributed by atoms with E-state index in [0.717, 1.165) is 28.5 Å². The van der Waals surface area contributed by atoms with Crippen molar-refractivity contribution in [3.05, 3.63) is 58.9 Å². The molecule has 4 aromatic rings. The molecule has 0 radical (unpaired) electrons. The van der Waals surface area contributed by atoms with Crippen molar-refractivity contribution in [3.63, 3.8) is 0 Å². The number of hydrogen-bond acceptors (Lipinski definition) is 2. The van der Waals surface area contributed by atoms with Gasteiger partial charge >= 0.3 is 0 Å². The summed E-state index contributed by atoms with van der Waals surface area (Å²) >= 11 is 0. The van der Waals surface area contributed by atoms with Crippen LogP contribution in [-0.2, 0) is 7.05 Å². The van der Waals surface area contributed by atoms with Crippen LogP contribution in [0.2, 0.25) is 0 Å². The van der Waals surface area contributed by atoms with Gasteiger partial charge in [0.25, 0.3) is 0 Å². The Morgan fingerprint density at radius 1 is 1.04 bits per heavy atom. The maximum atomic E-state index is 14.5. The molecule has 4 rings (SSSR count). The van der Waals surface area contributed by atoms with E-state index in [-0.39, 0.29) is 11.1 Å². The van der Waals surface area contributed by atoms with E-state index in [1.807, 2.05) is 37.7 Å². The number of furan rings is 1. The van der Waals surface area contributed by atoms with Crippen LogP contribution in [0.3, 0.4) is 0 Å². The van der Waals surface area contributed by atoms with Gasteiger partial charge in [0.1, 0.15) is 12.9 Å². The Kier molecular flexibility index (Phi) is 3.98. The number of rotatable bonds is 2. The average Bonchev–Trinajstić information content (AvgIpc) is 2.95. The molecule has 0 unspecified atom stereocenters. The monoisotopic (exact) mass is 367 g/mol. The topological polar surface area (TPSA) is 29.9 Å². The molecule has 0 saturated heterocycles. The van der Waals surface area contributed by atoms with E-state index in [1.54, 1.807) is 0 Å². The van der Waals surface area contributed by atoms with Crippen LogP contribution in [0.4, 0.5) is 8.78 Å². The summed E-state index contributed by atoms with van der Waals surface area (Å²) in [6.07, 6.45) is 2.01. The molecule has 0 atom stereocenters. The van der Waals surface area contributed by atoms with Crippen LogP contribution in [0.5, 0.6) is 0 Å². The Labute approximate surface area is 156 Å². The van der Waals surface area contributed by atoms with E-state index in [4.69, 9.17) is 4.42 Å². The van der Waals surface area contributed by atoms with Crippen molar-refractivity contribution >= 4 is 22.1 Å². The van der Waals surface area contributed by atoms with Crippen molar-refractivity contribution < 1.29 is 17.8 Å². The van der Waals surface area contributed by atoms with Gasteiger partial charge in [0, 0.05) is 23.6 Å². The van der Waals surface area contributed by atoms with Gasteiger partial charge in [-0.1, -0.05) is 19.9 Å². The molecule has 3 aromatic heterocycles. The van der Waals surface area contributed by atoms with E-state index >= 15 is 0 Å². The number of aromatic nitrogens is 2. The highest BCUT2D eigenvalue weighted by molar-refractivity contribution is 6.10. The number of halogens is 2. The molecule has 5 heteroatoms. The molecule has 3 nitrogen and oxygen atoms in total. The molecule has 0 aliphatic carbocycles. The van der Waals surface area contributed by atoms with Gasteiger partial charge in [0.05, 0.1) is 10.9 Å². The minimum atomic E-state index is -0.887. The minimum Gasteiger partial charge on any atom is -0.437 e. The second kappa shape index (κ2) is 6.12. The van der Waals surface area contributed by atoms with Crippen LogP contribution in [0.1, 0.15) is 36.5 Å². The molecule has 0 bridgehead atoms. The normalized spacial score (nSPS) is 11.9. The van der Waals surface area contributed by atoms with Gasteiger partial charge in [-0.05, 0) is 36.5 Å². The van der Waals surface area contributed by atoms with Crippen LogP contribution in [0.25, 0.3) is 33.3 Å². The van der Waals surface area contributed by atoms with Gasteiger partial charge in [-0.3, -0.25) is 0 Å². The van der Waals surface area contributed by atoms with Crippen molar-refractivity contribution in [2.75, 3.05) is 0 Å². The van der Waals surface area contributed by atoms with E-state index in [1.165, 1.54) is 5.56 Å². The lowest BCUT2D eigenvalue weighted by Gasteiger charge is -2.10. The Morgan fingerprint density at radius 3 is 2.48 bits per heavy atom. The molecule has 27 heavy (non-hydrogen) atoms. The molecule has 0 aliphatic heterocycles. The second-order valence-corrected chi connectivity index (χ2v) is 7.41. The van der Waals surface area contributed by atoms with E-state index in [2.05, 4.69) is 31.0 Å². The smallest absolute Gasteiger partial charge is 0.232 e. The fourth-order valence-electron chi connectivity index (χ4n) is 3.74. The van der Waals surface area contributed by atoms with Crippen molar-refractivity contribution in [2.24, 2.45) is 7.05 Å². The van der Waals surface area contributed by atoms with Crippen molar-refractivity contribution in [1.82, 2.24) is 4.98 Å². The second-order valence-electron chi connectivity index (χ2n) is 7.41. The SMILES string of the molecule is Cc1cc(C)c2c(oc3nc(F)cc(F)c32)c1-c1cc(C(C)C)cc[n+]1C. The highest BCUT2D eigenvalue weighted by Gasteiger charge is 2.25. The largest absolute Gasteiger partial charge is 0.437 e. The third-order valence-electron chi connectivity index (χ3n) is 5.13. The molecule has 0 fully saturated rings. The van der Waals surface area contributed by atoms with Gasteiger partial charge in [-0.2, -0.15) is 9.37 Å². The zero-order valence-corrected chi connectivity index (χ0v) is 16.0. The number of fused-ring (bicyclic) bond motifs is 3. The Balaban J connectivity index is 2.17. The number of pyridine rings is 2. The number of aryl methyl sites for hydroxylation is 3. The predicted molar refractivity (Wildman–Crippen MR) is 102 cm³/mol. The summed E-state index contributed by atoms with van der Waals surface area (Å²) in [4.78, 5) is 3.77. The van der Waals surface area contributed by atoms with E-state index in [0.29, 0.717) is 16.9 Å². The molecule has 3 heterocycles. The van der Waals surface area contributed by atoms with Crippen LogP contribution >= 0.6 is 0 Å². The lowest BCUT2D eigenvalue weighted by atomic mass is 9.95. The highest BCUT2D eigenvalue weighted by Crippen LogP contribution is 2.39. The summed E-state index contributed by atoms with van der Waals surface area (Å²) in [5.74, 6) is -1.17. The predicted octanol–water partition coefficient (Wildman–Crippen LogP) is 5.49. The fourth-order valence-corrected chi connectivity index (χ4v) is 3.74. The molecular weight excluding hydrogens is 346 g/mol. The third-order valence-corrected chi connectivity index (χ3v) is 5.13. The molecule has 1 aromatic carbocycles. The van der Waals surface area contributed by atoms with Crippen LogP contribution in [-0.4, -0.2) is 4.98 Å². The van der Waals surface area contributed by atoms with Crippen LogP contribution in [0, 0.1) is 25.6 Å². The van der Waals surface area contributed by atoms with Crippen molar-refractivity contribution in [3.8, 4) is 11.3 Å². The molecule has 138 valence electrons. The highest BCUT2D eigenvalue weighted by atomic mass is 19.1. The lowest BCUT2D eigenvalue weighted by molar-refractivity contribution is -0.660. The quantitative estimate of drug-likeness (QED) is 0.346. The first-order valence-electron chi connectivity index (χ1n) is 8.96. The summed E-state index contributed by atoms with van der Waals surface area (Å²) in [5.41, 5.74) is 5.44. The van der Waals surface area contributed by atoms with Gasteiger partial charge in [-0.25, -0.2) is 8.96 Å². The summed E-state index contributed by atoms with van der Waals surface area (Å²) < 4.78 is 36.1. The molecule has 0 amide bonds. The first-order chi connectivity index (χ1) is 12.8. The zero-order valence-electron chi connectivity index (χ0n) is 16.0. The third kappa shape index (κ3) is 2.69. The molecular formula is C22H21F2N2O+. The van der Waals surface area contributed by atoms with Gasteiger partial charge < -0.3 is 4.42 Å². The molecule has 0 saturated carbocycles. The molecule has 0 spiro atoms. The Morgan fingerprint density at radius 2 is 1.78 bits per heavy atom. The van der Waals surface area contributed by atoms with Gasteiger partial charge in [0.15, 0.2) is 11.8 Å². The number of hydrogen-bond donors (Lipinski definition) is 0. The Hall–Kier alpha value is -2.82. The first kappa shape index (κ1) is 17.6. The first-order valence-corrected chi connectivity index (χ1v) is 8.96. The zero-order chi connectivity index (χ0) is 19.5. The van der Waals surface area contributed by atoms with Crippen LogP contribution < -0.4 is 4.57 Å². The standard InChI is InChI=1S/C22H21F2N2O/c1-11(2)14-6-7-26(5)16(9-14)18-12(3)8-13(4)19-20-15(23)10-17(24)25-22(20)27-21(18)19/h6-11H,1-5H3/q+1. The molecule has 0 N–H and O–H groups in total. The van der Waals surface area contributed by atoms with Crippen molar-refractivity contribution in [1.29, 1.82) is 0 Å². The summed E-state index contributed by atoms with van der Waals surface area (Å²) in [6.45, 7) is 8.18. The van der Waals surface area contributed by atoms with Crippen molar-refractivity contribution in [2.45, 2.75) is 33.6 Å².